The summed E-state index contributed by atoms with van der Waals surface area (Å²) in [4.78, 5) is 0. The molecule has 1 nitrogen and oxygen atoms in total. The maximum Gasteiger partial charge on any atom is 0.115 e. The topological polar surface area (TPSA) is 20.2 Å². The second kappa shape index (κ2) is 4.86. The number of phenolic OH excluding ortho intramolecular Hbond substituents is 1. The lowest BCUT2D eigenvalue weighted by atomic mass is 10.1. The molecule has 0 radical (unpaired) electrons. The van der Waals surface area contributed by atoms with Crippen LogP contribution in [0.4, 0.5) is 0 Å². The van der Waals surface area contributed by atoms with Gasteiger partial charge in [-0.05, 0) is 35.4 Å². The van der Waals surface area contributed by atoms with E-state index in [1.807, 2.05) is 48.6 Å². The zero-order chi connectivity index (χ0) is 11.4. The zero-order valence-electron chi connectivity index (χ0n) is 8.60. The lowest BCUT2D eigenvalue weighted by molar-refractivity contribution is 0.475. The normalized spacial score (nSPS) is 10.8. The molecule has 0 saturated heterocycles. The SMILES string of the molecule is Oc1ccc(/C=C\c2ccc(Cl)cc2)cc1. The second-order valence-corrected chi connectivity index (χ2v) is 3.91. The van der Waals surface area contributed by atoms with Gasteiger partial charge in [0.05, 0.1) is 0 Å². The van der Waals surface area contributed by atoms with E-state index >= 15 is 0 Å². The van der Waals surface area contributed by atoms with Gasteiger partial charge < -0.3 is 5.11 Å². The van der Waals surface area contributed by atoms with Gasteiger partial charge in [0.15, 0.2) is 0 Å². The third-order valence-electron chi connectivity index (χ3n) is 2.23. The number of hydrogen-bond donors (Lipinski definition) is 1. The minimum atomic E-state index is 0.281. The van der Waals surface area contributed by atoms with E-state index in [-0.39, 0.29) is 5.75 Å². The Kier molecular flexibility index (Phi) is 3.28. The van der Waals surface area contributed by atoms with Crippen molar-refractivity contribution >= 4 is 23.8 Å². The largest absolute Gasteiger partial charge is 0.508 e. The number of hydrogen-bond acceptors (Lipinski definition) is 1. The number of halogens is 1. The fourth-order valence-corrected chi connectivity index (χ4v) is 1.48. The Morgan fingerprint density at radius 1 is 0.750 bits per heavy atom. The molecule has 2 aromatic rings. The van der Waals surface area contributed by atoms with Gasteiger partial charge in [0.1, 0.15) is 5.75 Å². The van der Waals surface area contributed by atoms with Crippen molar-refractivity contribution in [3.8, 4) is 5.75 Å². The third kappa shape index (κ3) is 2.88. The van der Waals surface area contributed by atoms with E-state index in [1.165, 1.54) is 0 Å². The number of aromatic hydroxyl groups is 1. The molecule has 2 rings (SSSR count). The van der Waals surface area contributed by atoms with Crippen molar-refractivity contribution in [1.82, 2.24) is 0 Å². The van der Waals surface area contributed by atoms with Crippen LogP contribution in [0.3, 0.4) is 0 Å². The summed E-state index contributed by atoms with van der Waals surface area (Å²) < 4.78 is 0. The summed E-state index contributed by atoms with van der Waals surface area (Å²) in [6.45, 7) is 0. The molecule has 0 heterocycles. The van der Waals surface area contributed by atoms with Gasteiger partial charge in [0, 0.05) is 5.02 Å². The number of phenols is 1. The van der Waals surface area contributed by atoms with Crippen LogP contribution in [0.5, 0.6) is 5.75 Å². The first-order valence-corrected chi connectivity index (χ1v) is 5.34. The summed E-state index contributed by atoms with van der Waals surface area (Å²) in [5.74, 6) is 0.281. The van der Waals surface area contributed by atoms with Crippen LogP contribution < -0.4 is 0 Å². The van der Waals surface area contributed by atoms with Crippen molar-refractivity contribution < 1.29 is 5.11 Å². The van der Waals surface area contributed by atoms with Crippen LogP contribution in [0.25, 0.3) is 12.2 Å². The first-order chi connectivity index (χ1) is 7.74. The first kappa shape index (κ1) is 10.8. The highest BCUT2D eigenvalue weighted by Crippen LogP contribution is 2.14. The van der Waals surface area contributed by atoms with E-state index in [9.17, 15) is 0 Å². The molecular weight excluding hydrogens is 220 g/mol. The highest BCUT2D eigenvalue weighted by molar-refractivity contribution is 6.30. The Morgan fingerprint density at radius 2 is 1.19 bits per heavy atom. The maximum absolute atomic E-state index is 9.13. The third-order valence-corrected chi connectivity index (χ3v) is 2.48. The highest BCUT2D eigenvalue weighted by atomic mass is 35.5. The molecule has 0 saturated carbocycles. The molecule has 2 heteroatoms. The standard InChI is InChI=1S/C14H11ClO/c15-13-7-3-11(4-8-13)1-2-12-5-9-14(16)10-6-12/h1-10,16H/b2-1-. The first-order valence-electron chi connectivity index (χ1n) is 4.97. The Hall–Kier alpha value is -1.73. The minimum Gasteiger partial charge on any atom is -0.508 e. The number of rotatable bonds is 2. The molecule has 0 aliphatic heterocycles. The Bertz CT molecular complexity index is 436. The van der Waals surface area contributed by atoms with Crippen molar-refractivity contribution in [2.24, 2.45) is 0 Å². The van der Waals surface area contributed by atoms with Crippen molar-refractivity contribution in [3.05, 3.63) is 64.7 Å². The Balaban J connectivity index is 2.15. The van der Waals surface area contributed by atoms with Crippen LogP contribution in [0.2, 0.25) is 5.02 Å². The summed E-state index contributed by atoms with van der Waals surface area (Å²) in [6, 6.07) is 14.7. The quantitative estimate of drug-likeness (QED) is 0.766. The predicted octanol–water partition coefficient (Wildman–Crippen LogP) is 4.22. The van der Waals surface area contributed by atoms with Crippen molar-refractivity contribution in [1.29, 1.82) is 0 Å². The van der Waals surface area contributed by atoms with E-state index in [0.717, 1.165) is 16.1 Å². The molecule has 2 aromatic carbocycles. The molecule has 1 N–H and O–H groups in total. The molecular formula is C14H11ClO. The molecule has 0 bridgehead atoms. The average molecular weight is 231 g/mol. The van der Waals surface area contributed by atoms with E-state index in [0.29, 0.717) is 0 Å². The van der Waals surface area contributed by atoms with Crippen LogP contribution in [0, 0.1) is 0 Å². The average Bonchev–Trinajstić information content (AvgIpc) is 2.30. The Labute approximate surface area is 99.6 Å². The van der Waals surface area contributed by atoms with Crippen LogP contribution in [0.1, 0.15) is 11.1 Å². The maximum atomic E-state index is 9.13. The van der Waals surface area contributed by atoms with Crippen LogP contribution >= 0.6 is 11.6 Å². The van der Waals surface area contributed by atoms with Gasteiger partial charge in [-0.1, -0.05) is 48.0 Å². The van der Waals surface area contributed by atoms with E-state index in [4.69, 9.17) is 16.7 Å². The molecule has 0 amide bonds. The van der Waals surface area contributed by atoms with Crippen LogP contribution in [-0.4, -0.2) is 5.11 Å². The lowest BCUT2D eigenvalue weighted by Gasteiger charge is -1.95. The fourth-order valence-electron chi connectivity index (χ4n) is 1.35. The van der Waals surface area contributed by atoms with Crippen LogP contribution in [-0.2, 0) is 0 Å². The molecule has 80 valence electrons. The molecule has 0 spiro atoms. The minimum absolute atomic E-state index is 0.281. The van der Waals surface area contributed by atoms with Crippen molar-refractivity contribution in [2.45, 2.75) is 0 Å². The molecule has 0 atom stereocenters. The predicted molar refractivity (Wildman–Crippen MR) is 68.5 cm³/mol. The summed E-state index contributed by atoms with van der Waals surface area (Å²) in [7, 11) is 0. The second-order valence-electron chi connectivity index (χ2n) is 3.48. The van der Waals surface area contributed by atoms with Gasteiger partial charge in [-0.3, -0.25) is 0 Å². The smallest absolute Gasteiger partial charge is 0.115 e. The number of benzene rings is 2. The van der Waals surface area contributed by atoms with Gasteiger partial charge in [-0.25, -0.2) is 0 Å². The molecule has 0 aliphatic carbocycles. The highest BCUT2D eigenvalue weighted by Gasteiger charge is 1.90. The fraction of sp³-hybridized carbons (Fsp3) is 0. The van der Waals surface area contributed by atoms with E-state index < -0.39 is 0 Å². The van der Waals surface area contributed by atoms with E-state index in [2.05, 4.69) is 0 Å². The lowest BCUT2D eigenvalue weighted by Crippen LogP contribution is -1.72. The van der Waals surface area contributed by atoms with Crippen molar-refractivity contribution in [2.75, 3.05) is 0 Å². The monoisotopic (exact) mass is 230 g/mol. The van der Waals surface area contributed by atoms with Gasteiger partial charge >= 0.3 is 0 Å². The molecule has 0 unspecified atom stereocenters. The molecule has 0 aliphatic rings. The zero-order valence-corrected chi connectivity index (χ0v) is 9.35. The van der Waals surface area contributed by atoms with Crippen molar-refractivity contribution in [3.63, 3.8) is 0 Å². The summed E-state index contributed by atoms with van der Waals surface area (Å²) in [5.41, 5.74) is 2.14. The summed E-state index contributed by atoms with van der Waals surface area (Å²) >= 11 is 5.79. The molecule has 0 fully saturated rings. The van der Waals surface area contributed by atoms with Gasteiger partial charge in [0.25, 0.3) is 0 Å². The van der Waals surface area contributed by atoms with Gasteiger partial charge in [0.2, 0.25) is 0 Å². The summed E-state index contributed by atoms with van der Waals surface area (Å²) in [6.07, 6.45) is 3.99. The van der Waals surface area contributed by atoms with Gasteiger partial charge in [-0.2, -0.15) is 0 Å². The Morgan fingerprint density at radius 3 is 1.69 bits per heavy atom. The molecule has 16 heavy (non-hydrogen) atoms. The molecule has 0 aromatic heterocycles. The van der Waals surface area contributed by atoms with Crippen LogP contribution in [0.15, 0.2) is 48.5 Å². The van der Waals surface area contributed by atoms with Gasteiger partial charge in [-0.15, -0.1) is 0 Å². The van der Waals surface area contributed by atoms with E-state index in [1.54, 1.807) is 12.1 Å². The summed E-state index contributed by atoms with van der Waals surface area (Å²) in [5, 5.41) is 9.87.